The Morgan fingerprint density at radius 2 is 2.05 bits per heavy atom. The number of ketones is 1. The Morgan fingerprint density at radius 3 is 2.65 bits per heavy atom. The molecule has 0 aliphatic rings. The lowest BCUT2D eigenvalue weighted by molar-refractivity contribution is -0.116. The molecule has 0 bridgehead atoms. The lowest BCUT2D eigenvalue weighted by Gasteiger charge is -2.04. The molecule has 0 aliphatic heterocycles. The molecule has 0 fully saturated rings. The summed E-state index contributed by atoms with van der Waals surface area (Å²) in [5.74, 6) is 0.617. The average Bonchev–Trinajstić information content (AvgIpc) is 2.64. The number of aryl methyl sites for hydroxylation is 3. The molecule has 0 aliphatic carbocycles. The zero-order valence-corrected chi connectivity index (χ0v) is 13.4. The van der Waals surface area contributed by atoms with E-state index >= 15 is 0 Å². The second-order valence-electron chi connectivity index (χ2n) is 4.75. The minimum Gasteiger partial charge on any atom is -0.298 e. The van der Waals surface area contributed by atoms with Crippen molar-refractivity contribution in [3.63, 3.8) is 0 Å². The molecule has 1 aromatic heterocycles. The monoisotopic (exact) mass is 308 g/mol. The van der Waals surface area contributed by atoms with E-state index in [1.807, 2.05) is 25.1 Å². The van der Waals surface area contributed by atoms with E-state index < -0.39 is 0 Å². The number of carbonyl (C=O) groups excluding carboxylic acids is 1. The van der Waals surface area contributed by atoms with Crippen molar-refractivity contribution < 1.29 is 4.79 Å². The van der Waals surface area contributed by atoms with Gasteiger partial charge in [0, 0.05) is 23.9 Å². The molecule has 106 valence electrons. The normalized spacial score (nSPS) is 10.8. The third-order valence-corrected chi connectivity index (χ3v) is 4.83. The molecule has 0 unspecified atom stereocenters. The van der Waals surface area contributed by atoms with Crippen LogP contribution in [0.1, 0.15) is 16.8 Å². The van der Waals surface area contributed by atoms with Crippen LogP contribution in [0.3, 0.4) is 0 Å². The van der Waals surface area contributed by atoms with Gasteiger partial charge in [-0.05, 0) is 25.5 Å². The number of hydrogen-bond acceptors (Lipinski definition) is 3. The molecule has 0 radical (unpaired) electrons. The van der Waals surface area contributed by atoms with Crippen molar-refractivity contribution in [2.45, 2.75) is 25.2 Å². The molecule has 3 nitrogen and oxygen atoms in total. The van der Waals surface area contributed by atoms with Crippen LogP contribution in [0.2, 0.25) is 5.15 Å². The predicted octanol–water partition coefficient (Wildman–Crippen LogP) is 3.59. The SMILES string of the molecule is Cc1ccccc1SCC(=O)Cc1c(C)nn(C)c1Cl. The van der Waals surface area contributed by atoms with Crippen LogP contribution < -0.4 is 0 Å². The largest absolute Gasteiger partial charge is 0.298 e. The second kappa shape index (κ2) is 6.46. The summed E-state index contributed by atoms with van der Waals surface area (Å²) in [6.07, 6.45) is 0.345. The Balaban J connectivity index is 1.98. The second-order valence-corrected chi connectivity index (χ2v) is 6.12. The van der Waals surface area contributed by atoms with Gasteiger partial charge in [0.2, 0.25) is 0 Å². The van der Waals surface area contributed by atoms with E-state index in [0.29, 0.717) is 17.3 Å². The maximum atomic E-state index is 12.1. The van der Waals surface area contributed by atoms with Crippen molar-refractivity contribution in [3.8, 4) is 0 Å². The maximum absolute atomic E-state index is 12.1. The van der Waals surface area contributed by atoms with Crippen LogP contribution in [-0.4, -0.2) is 21.3 Å². The van der Waals surface area contributed by atoms with Crippen molar-refractivity contribution in [1.82, 2.24) is 9.78 Å². The van der Waals surface area contributed by atoms with Gasteiger partial charge < -0.3 is 0 Å². The van der Waals surface area contributed by atoms with Crippen molar-refractivity contribution in [1.29, 1.82) is 0 Å². The highest BCUT2D eigenvalue weighted by Gasteiger charge is 2.15. The molecule has 0 amide bonds. The van der Waals surface area contributed by atoms with Crippen molar-refractivity contribution in [3.05, 3.63) is 46.2 Å². The molecule has 1 aromatic carbocycles. The summed E-state index contributed by atoms with van der Waals surface area (Å²) < 4.78 is 1.61. The summed E-state index contributed by atoms with van der Waals surface area (Å²) in [5.41, 5.74) is 2.86. The summed E-state index contributed by atoms with van der Waals surface area (Å²) in [4.78, 5) is 13.2. The molecule has 20 heavy (non-hydrogen) atoms. The molecule has 0 saturated carbocycles. The Kier molecular flexibility index (Phi) is 4.89. The van der Waals surface area contributed by atoms with Crippen LogP contribution in [0, 0.1) is 13.8 Å². The van der Waals surface area contributed by atoms with E-state index in [1.165, 1.54) is 5.56 Å². The Bertz CT molecular complexity index is 637. The van der Waals surface area contributed by atoms with E-state index in [-0.39, 0.29) is 5.78 Å². The summed E-state index contributed by atoms with van der Waals surface area (Å²) in [5, 5.41) is 4.77. The molecular formula is C15H17ClN2OS. The summed E-state index contributed by atoms with van der Waals surface area (Å²) in [6.45, 7) is 3.93. The Hall–Kier alpha value is -1.26. The van der Waals surface area contributed by atoms with Gasteiger partial charge >= 0.3 is 0 Å². The molecule has 0 saturated heterocycles. The van der Waals surface area contributed by atoms with Gasteiger partial charge in [-0.1, -0.05) is 29.8 Å². The minimum absolute atomic E-state index is 0.163. The number of Topliss-reactive ketones (excluding diaryl/α,β-unsaturated/α-hetero) is 1. The molecule has 0 atom stereocenters. The lowest BCUT2D eigenvalue weighted by atomic mass is 10.1. The smallest absolute Gasteiger partial charge is 0.147 e. The molecular weight excluding hydrogens is 292 g/mol. The number of hydrogen-bond donors (Lipinski definition) is 0. The fourth-order valence-electron chi connectivity index (χ4n) is 2.00. The van der Waals surface area contributed by atoms with Gasteiger partial charge in [0.15, 0.2) is 0 Å². The number of benzene rings is 1. The number of carbonyl (C=O) groups is 1. The van der Waals surface area contributed by atoms with E-state index in [4.69, 9.17) is 11.6 Å². The summed E-state index contributed by atoms with van der Waals surface area (Å²) >= 11 is 7.72. The number of thioether (sulfide) groups is 1. The zero-order valence-electron chi connectivity index (χ0n) is 11.8. The molecule has 5 heteroatoms. The van der Waals surface area contributed by atoms with Crippen molar-refractivity contribution in [2.24, 2.45) is 7.05 Å². The van der Waals surface area contributed by atoms with E-state index in [2.05, 4.69) is 18.1 Å². The van der Waals surface area contributed by atoms with Gasteiger partial charge in [-0.25, -0.2) is 0 Å². The van der Waals surface area contributed by atoms with E-state index in [9.17, 15) is 4.79 Å². The highest BCUT2D eigenvalue weighted by molar-refractivity contribution is 8.00. The van der Waals surface area contributed by atoms with Crippen LogP contribution in [0.15, 0.2) is 29.2 Å². The molecule has 2 rings (SSSR count). The number of halogens is 1. The van der Waals surface area contributed by atoms with Crippen LogP contribution >= 0.6 is 23.4 Å². The topological polar surface area (TPSA) is 34.9 Å². The first-order chi connectivity index (χ1) is 9.49. The molecule has 1 heterocycles. The third kappa shape index (κ3) is 3.44. The van der Waals surface area contributed by atoms with Gasteiger partial charge in [-0.15, -0.1) is 11.8 Å². The van der Waals surface area contributed by atoms with Gasteiger partial charge in [-0.2, -0.15) is 5.10 Å². The average molecular weight is 309 g/mol. The fraction of sp³-hybridized carbons (Fsp3) is 0.333. The Labute approximate surface area is 128 Å². The van der Waals surface area contributed by atoms with Gasteiger partial charge in [0.05, 0.1) is 11.4 Å². The van der Waals surface area contributed by atoms with E-state index in [0.717, 1.165) is 16.2 Å². The van der Waals surface area contributed by atoms with Crippen molar-refractivity contribution in [2.75, 3.05) is 5.75 Å². The molecule has 2 aromatic rings. The summed E-state index contributed by atoms with van der Waals surface area (Å²) in [7, 11) is 1.78. The number of rotatable bonds is 5. The lowest BCUT2D eigenvalue weighted by Crippen LogP contribution is -2.06. The van der Waals surface area contributed by atoms with Gasteiger partial charge in [0.1, 0.15) is 10.9 Å². The van der Waals surface area contributed by atoms with E-state index in [1.54, 1.807) is 23.5 Å². The van der Waals surface area contributed by atoms with Gasteiger partial charge in [0.25, 0.3) is 0 Å². The number of nitrogens with zero attached hydrogens (tertiary/aromatic N) is 2. The highest BCUT2D eigenvalue weighted by atomic mass is 35.5. The standard InChI is InChI=1S/C15H17ClN2OS/c1-10-6-4-5-7-14(10)20-9-12(19)8-13-11(2)17-18(3)15(13)16/h4-7H,8-9H2,1-3H3. The van der Waals surface area contributed by atoms with Crippen LogP contribution in [0.25, 0.3) is 0 Å². The quantitative estimate of drug-likeness (QED) is 0.792. The third-order valence-electron chi connectivity index (χ3n) is 3.13. The van der Waals surface area contributed by atoms with Crippen LogP contribution in [0.4, 0.5) is 0 Å². The minimum atomic E-state index is 0.163. The Morgan fingerprint density at radius 1 is 1.35 bits per heavy atom. The zero-order chi connectivity index (χ0) is 14.7. The molecule has 0 spiro atoms. The highest BCUT2D eigenvalue weighted by Crippen LogP contribution is 2.24. The predicted molar refractivity (Wildman–Crippen MR) is 83.6 cm³/mol. The fourth-order valence-corrected chi connectivity index (χ4v) is 3.13. The number of aromatic nitrogens is 2. The van der Waals surface area contributed by atoms with Crippen LogP contribution in [0.5, 0.6) is 0 Å². The first-order valence-corrected chi connectivity index (χ1v) is 7.73. The van der Waals surface area contributed by atoms with Gasteiger partial charge in [-0.3, -0.25) is 9.48 Å². The first kappa shape index (κ1) is 15.1. The van der Waals surface area contributed by atoms with Crippen molar-refractivity contribution >= 4 is 29.1 Å². The summed E-state index contributed by atoms with van der Waals surface area (Å²) in [6, 6.07) is 8.08. The first-order valence-electron chi connectivity index (χ1n) is 6.37. The van der Waals surface area contributed by atoms with Crippen LogP contribution in [-0.2, 0) is 18.3 Å². The molecule has 0 N–H and O–H groups in total. The maximum Gasteiger partial charge on any atom is 0.147 e.